The highest BCUT2D eigenvalue weighted by molar-refractivity contribution is 5.17. The summed E-state index contributed by atoms with van der Waals surface area (Å²) in [5.41, 5.74) is 1.73. The predicted molar refractivity (Wildman–Crippen MR) is 58.4 cm³/mol. The molecule has 0 radical (unpaired) electrons. The second-order valence-electron chi connectivity index (χ2n) is 3.75. The molecule has 1 atom stereocenters. The lowest BCUT2D eigenvalue weighted by Gasteiger charge is -2.09. The van der Waals surface area contributed by atoms with E-state index in [9.17, 15) is 9.50 Å². The van der Waals surface area contributed by atoms with E-state index in [1.807, 2.05) is 4.57 Å². The summed E-state index contributed by atoms with van der Waals surface area (Å²) in [7, 11) is 0. The number of hydrogen-bond donors (Lipinski definition) is 1. The van der Waals surface area contributed by atoms with E-state index in [4.69, 9.17) is 0 Å². The number of imidazole rings is 1. The largest absolute Gasteiger partial charge is 0.387 e. The number of benzene rings is 1. The Labute approximate surface area is 93.2 Å². The Morgan fingerprint density at radius 1 is 1.38 bits per heavy atom. The molecular formula is C12H13FN2O. The van der Waals surface area contributed by atoms with E-state index >= 15 is 0 Å². The molecule has 0 aliphatic carbocycles. The molecule has 0 saturated heterocycles. The molecule has 84 valence electrons. The molecule has 1 aromatic heterocycles. The van der Waals surface area contributed by atoms with Crippen LogP contribution in [-0.2, 0) is 6.54 Å². The third-order valence-corrected chi connectivity index (χ3v) is 2.44. The topological polar surface area (TPSA) is 38.1 Å². The van der Waals surface area contributed by atoms with Crippen LogP contribution in [0.4, 0.5) is 4.39 Å². The number of aromatic nitrogens is 2. The monoisotopic (exact) mass is 220 g/mol. The summed E-state index contributed by atoms with van der Waals surface area (Å²) < 4.78 is 14.6. The molecule has 3 nitrogen and oxygen atoms in total. The van der Waals surface area contributed by atoms with Gasteiger partial charge in [-0.05, 0) is 24.6 Å². The molecule has 16 heavy (non-hydrogen) atoms. The fourth-order valence-electron chi connectivity index (χ4n) is 1.60. The zero-order chi connectivity index (χ0) is 11.5. The Morgan fingerprint density at radius 3 is 2.69 bits per heavy atom. The summed E-state index contributed by atoms with van der Waals surface area (Å²) >= 11 is 0. The van der Waals surface area contributed by atoms with Gasteiger partial charge >= 0.3 is 0 Å². The van der Waals surface area contributed by atoms with Crippen molar-refractivity contribution >= 4 is 0 Å². The first-order valence-electron chi connectivity index (χ1n) is 5.09. The lowest BCUT2D eigenvalue weighted by Crippen LogP contribution is -2.05. The summed E-state index contributed by atoms with van der Waals surface area (Å²) in [5.74, 6) is -0.245. The van der Waals surface area contributed by atoms with Crippen LogP contribution in [0.3, 0.4) is 0 Å². The fourth-order valence-corrected chi connectivity index (χ4v) is 1.60. The second-order valence-corrected chi connectivity index (χ2v) is 3.75. The van der Waals surface area contributed by atoms with E-state index in [-0.39, 0.29) is 5.82 Å². The zero-order valence-electron chi connectivity index (χ0n) is 8.97. The molecule has 1 unspecified atom stereocenters. The standard InChI is InChI=1S/C12H13FN2O/c1-9(16)12-6-14-8-15(12)7-10-2-4-11(13)5-3-10/h2-6,8-9,16H,7H2,1H3. The van der Waals surface area contributed by atoms with Crippen molar-refractivity contribution in [2.45, 2.75) is 19.6 Å². The third-order valence-electron chi connectivity index (χ3n) is 2.44. The molecule has 0 saturated carbocycles. The highest BCUT2D eigenvalue weighted by atomic mass is 19.1. The zero-order valence-corrected chi connectivity index (χ0v) is 8.97. The molecule has 1 aromatic carbocycles. The Kier molecular flexibility index (Phi) is 3.01. The number of rotatable bonds is 3. The van der Waals surface area contributed by atoms with Gasteiger partial charge in [0.2, 0.25) is 0 Å². The van der Waals surface area contributed by atoms with Crippen LogP contribution < -0.4 is 0 Å². The molecule has 1 N–H and O–H groups in total. The molecule has 2 aromatic rings. The molecule has 4 heteroatoms. The molecular weight excluding hydrogens is 207 g/mol. The van der Waals surface area contributed by atoms with Crippen molar-refractivity contribution in [3.63, 3.8) is 0 Å². The average Bonchev–Trinajstić information content (AvgIpc) is 2.69. The Balaban J connectivity index is 2.20. The fraction of sp³-hybridized carbons (Fsp3) is 0.250. The first kappa shape index (κ1) is 10.8. The maximum absolute atomic E-state index is 12.7. The first-order chi connectivity index (χ1) is 7.66. The maximum Gasteiger partial charge on any atom is 0.123 e. The van der Waals surface area contributed by atoms with Gasteiger partial charge in [-0.2, -0.15) is 0 Å². The number of aliphatic hydroxyl groups is 1. The van der Waals surface area contributed by atoms with Crippen LogP contribution in [0.25, 0.3) is 0 Å². The van der Waals surface area contributed by atoms with Crippen LogP contribution in [0.2, 0.25) is 0 Å². The maximum atomic E-state index is 12.7. The van der Waals surface area contributed by atoms with E-state index < -0.39 is 6.10 Å². The van der Waals surface area contributed by atoms with Crippen molar-refractivity contribution in [2.75, 3.05) is 0 Å². The quantitative estimate of drug-likeness (QED) is 0.860. The number of nitrogens with zero attached hydrogens (tertiary/aromatic N) is 2. The van der Waals surface area contributed by atoms with Crippen molar-refractivity contribution in [2.24, 2.45) is 0 Å². The molecule has 0 fully saturated rings. The van der Waals surface area contributed by atoms with E-state index in [0.29, 0.717) is 6.54 Å². The summed E-state index contributed by atoms with van der Waals surface area (Å²) in [6, 6.07) is 6.30. The lowest BCUT2D eigenvalue weighted by atomic mass is 10.2. The van der Waals surface area contributed by atoms with Crippen molar-refractivity contribution in [3.05, 3.63) is 53.9 Å². The van der Waals surface area contributed by atoms with Gasteiger partial charge in [0, 0.05) is 6.54 Å². The Hall–Kier alpha value is -1.68. The first-order valence-corrected chi connectivity index (χ1v) is 5.09. The third kappa shape index (κ3) is 2.28. The van der Waals surface area contributed by atoms with Gasteiger partial charge in [0.1, 0.15) is 5.82 Å². The SMILES string of the molecule is CC(O)c1cncn1Cc1ccc(F)cc1. The number of aliphatic hydroxyl groups excluding tert-OH is 1. The van der Waals surface area contributed by atoms with Gasteiger partial charge in [0.25, 0.3) is 0 Å². The normalized spacial score (nSPS) is 12.7. The van der Waals surface area contributed by atoms with E-state index in [0.717, 1.165) is 11.3 Å². The molecule has 0 aliphatic heterocycles. The van der Waals surface area contributed by atoms with Crippen LogP contribution >= 0.6 is 0 Å². The van der Waals surface area contributed by atoms with Gasteiger partial charge in [0.15, 0.2) is 0 Å². The van der Waals surface area contributed by atoms with Crippen LogP contribution in [0, 0.1) is 5.82 Å². The van der Waals surface area contributed by atoms with Crippen molar-refractivity contribution in [1.82, 2.24) is 9.55 Å². The van der Waals surface area contributed by atoms with E-state index in [1.54, 1.807) is 31.6 Å². The van der Waals surface area contributed by atoms with Gasteiger partial charge in [-0.3, -0.25) is 0 Å². The van der Waals surface area contributed by atoms with Crippen molar-refractivity contribution < 1.29 is 9.50 Å². The summed E-state index contributed by atoms with van der Waals surface area (Å²) in [6.45, 7) is 2.28. The Morgan fingerprint density at radius 2 is 2.06 bits per heavy atom. The van der Waals surface area contributed by atoms with Crippen LogP contribution in [-0.4, -0.2) is 14.7 Å². The summed E-state index contributed by atoms with van der Waals surface area (Å²) in [5, 5.41) is 9.49. The van der Waals surface area contributed by atoms with E-state index in [2.05, 4.69) is 4.98 Å². The number of halogens is 1. The number of hydrogen-bond acceptors (Lipinski definition) is 2. The van der Waals surface area contributed by atoms with Crippen molar-refractivity contribution in [1.29, 1.82) is 0 Å². The van der Waals surface area contributed by atoms with Gasteiger partial charge < -0.3 is 9.67 Å². The smallest absolute Gasteiger partial charge is 0.123 e. The second kappa shape index (κ2) is 4.45. The lowest BCUT2D eigenvalue weighted by molar-refractivity contribution is 0.189. The van der Waals surface area contributed by atoms with Crippen LogP contribution in [0.1, 0.15) is 24.3 Å². The van der Waals surface area contributed by atoms with Gasteiger partial charge in [0.05, 0.1) is 24.3 Å². The van der Waals surface area contributed by atoms with Gasteiger partial charge in [-0.15, -0.1) is 0 Å². The Bertz CT molecular complexity index is 462. The van der Waals surface area contributed by atoms with Gasteiger partial charge in [-0.1, -0.05) is 12.1 Å². The van der Waals surface area contributed by atoms with E-state index in [1.165, 1.54) is 12.1 Å². The predicted octanol–water partition coefficient (Wildman–Crippen LogP) is 2.12. The highest BCUT2D eigenvalue weighted by Gasteiger charge is 2.07. The molecule has 0 aliphatic rings. The van der Waals surface area contributed by atoms with Crippen LogP contribution in [0.5, 0.6) is 0 Å². The molecule has 1 heterocycles. The minimum absolute atomic E-state index is 0.245. The summed E-state index contributed by atoms with van der Waals surface area (Å²) in [4.78, 5) is 3.99. The highest BCUT2D eigenvalue weighted by Crippen LogP contribution is 2.13. The van der Waals surface area contributed by atoms with Crippen LogP contribution in [0.15, 0.2) is 36.8 Å². The average molecular weight is 220 g/mol. The molecule has 0 spiro atoms. The molecule has 2 rings (SSSR count). The molecule has 0 amide bonds. The van der Waals surface area contributed by atoms with Gasteiger partial charge in [-0.25, -0.2) is 9.37 Å². The molecule has 0 bridgehead atoms. The van der Waals surface area contributed by atoms with Crippen molar-refractivity contribution in [3.8, 4) is 0 Å². The summed E-state index contributed by atoms with van der Waals surface area (Å²) in [6.07, 6.45) is 2.74. The minimum atomic E-state index is -0.553. The minimum Gasteiger partial charge on any atom is -0.387 e.